The van der Waals surface area contributed by atoms with E-state index < -0.39 is 15.9 Å². The van der Waals surface area contributed by atoms with Crippen molar-refractivity contribution in [1.82, 2.24) is 5.32 Å². The summed E-state index contributed by atoms with van der Waals surface area (Å²) in [5.74, 6) is 1.95. The van der Waals surface area contributed by atoms with E-state index in [0.717, 1.165) is 51.4 Å². The number of fused-ring (bicyclic) bond motifs is 5. The van der Waals surface area contributed by atoms with Gasteiger partial charge in [0.2, 0.25) is 5.91 Å². The first kappa shape index (κ1) is 26.1. The summed E-state index contributed by atoms with van der Waals surface area (Å²) in [6.45, 7) is 6.93. The zero-order valence-corrected chi connectivity index (χ0v) is 21.8. The smallest absolute Gasteiger partial charge is 0.266 e. The molecule has 9 atom stereocenters. The van der Waals surface area contributed by atoms with Crippen LogP contribution < -0.4 is 5.32 Å². The fourth-order valence-electron chi connectivity index (χ4n) is 8.85. The van der Waals surface area contributed by atoms with Crippen molar-refractivity contribution in [1.29, 1.82) is 0 Å². The third-order valence-corrected chi connectivity index (χ3v) is 11.4. The molecule has 34 heavy (non-hydrogen) atoms. The van der Waals surface area contributed by atoms with E-state index in [0.29, 0.717) is 48.2 Å². The van der Waals surface area contributed by atoms with Crippen molar-refractivity contribution >= 4 is 21.8 Å². The summed E-state index contributed by atoms with van der Waals surface area (Å²) >= 11 is 0. The maximum Gasteiger partial charge on any atom is 0.266 e. The number of carbonyl (C=O) groups is 2. The molecule has 194 valence electrons. The summed E-state index contributed by atoms with van der Waals surface area (Å²) in [5, 5.41) is 12.8. The zero-order valence-electron chi connectivity index (χ0n) is 21.0. The zero-order chi connectivity index (χ0) is 24.9. The van der Waals surface area contributed by atoms with E-state index in [1.165, 1.54) is 0 Å². The number of amides is 1. The summed E-state index contributed by atoms with van der Waals surface area (Å²) in [5.41, 5.74) is 0.290. The Morgan fingerprint density at radius 1 is 1.12 bits per heavy atom. The average Bonchev–Trinajstić information content (AvgIpc) is 3.09. The van der Waals surface area contributed by atoms with Crippen molar-refractivity contribution < 1.29 is 27.7 Å². The predicted octanol–water partition coefficient (Wildman–Crippen LogP) is 3.61. The molecule has 4 unspecified atom stereocenters. The molecule has 0 aromatic heterocycles. The molecular formula is C26H43NO6S. The number of hydrogen-bond acceptors (Lipinski definition) is 5. The van der Waals surface area contributed by atoms with E-state index in [1.807, 2.05) is 0 Å². The quantitative estimate of drug-likeness (QED) is 0.462. The van der Waals surface area contributed by atoms with E-state index in [9.17, 15) is 23.1 Å². The Balaban J connectivity index is 1.39. The van der Waals surface area contributed by atoms with Crippen molar-refractivity contribution in [2.24, 2.45) is 46.3 Å². The van der Waals surface area contributed by atoms with Crippen LogP contribution in [0.3, 0.4) is 0 Å². The normalized spacial score (nSPS) is 42.9. The predicted molar refractivity (Wildman–Crippen MR) is 129 cm³/mol. The highest BCUT2D eigenvalue weighted by molar-refractivity contribution is 7.85. The number of aliphatic hydroxyl groups is 1. The van der Waals surface area contributed by atoms with Crippen molar-refractivity contribution in [3.63, 3.8) is 0 Å². The number of nitrogens with one attached hydrogen (secondary N) is 1. The molecule has 1 amide bonds. The lowest BCUT2D eigenvalue weighted by atomic mass is 9.44. The summed E-state index contributed by atoms with van der Waals surface area (Å²) in [6, 6.07) is 0. The lowest BCUT2D eigenvalue weighted by Crippen LogP contribution is -2.57. The SMILES string of the molecule is C[C@H](CCC(=O)NCCS(=O)(=O)O)[C@H]1CCC2C3C(=O)CC4C[C@H](O)CC[C@]4(C)C3CC[C@@]21C. The number of aliphatic hydroxyl groups excluding tert-OH is 1. The monoisotopic (exact) mass is 497 g/mol. The molecule has 4 rings (SSSR count). The van der Waals surface area contributed by atoms with E-state index in [1.54, 1.807) is 0 Å². The number of rotatable bonds is 7. The maximum atomic E-state index is 13.5. The van der Waals surface area contributed by atoms with Gasteiger partial charge in [-0.25, -0.2) is 0 Å². The second-order valence-electron chi connectivity index (χ2n) is 12.4. The van der Waals surface area contributed by atoms with Gasteiger partial charge in [-0.3, -0.25) is 14.1 Å². The molecule has 8 heteroatoms. The Labute approximate surface area is 204 Å². The fourth-order valence-corrected chi connectivity index (χ4v) is 9.21. The van der Waals surface area contributed by atoms with Gasteiger partial charge in [0.15, 0.2) is 0 Å². The number of carbonyl (C=O) groups excluding carboxylic acids is 2. The molecule has 4 aliphatic carbocycles. The third-order valence-electron chi connectivity index (χ3n) is 10.7. The molecular weight excluding hydrogens is 454 g/mol. The van der Waals surface area contributed by atoms with Gasteiger partial charge in [0.05, 0.1) is 11.9 Å². The van der Waals surface area contributed by atoms with Gasteiger partial charge in [-0.05, 0) is 91.8 Å². The minimum absolute atomic E-state index is 0.0722. The highest BCUT2D eigenvalue weighted by atomic mass is 32.2. The second-order valence-corrected chi connectivity index (χ2v) is 14.0. The Bertz CT molecular complexity index is 905. The first-order valence-electron chi connectivity index (χ1n) is 13.3. The van der Waals surface area contributed by atoms with Crippen LogP contribution in [0.2, 0.25) is 0 Å². The van der Waals surface area contributed by atoms with Crippen molar-refractivity contribution in [3.8, 4) is 0 Å². The van der Waals surface area contributed by atoms with E-state index in [4.69, 9.17) is 4.55 Å². The molecule has 3 N–H and O–H groups in total. The number of hydrogen-bond donors (Lipinski definition) is 3. The fraction of sp³-hybridized carbons (Fsp3) is 0.923. The van der Waals surface area contributed by atoms with E-state index in [2.05, 4.69) is 26.1 Å². The molecule has 0 saturated heterocycles. The van der Waals surface area contributed by atoms with Crippen LogP contribution in [0.5, 0.6) is 0 Å². The molecule has 4 fully saturated rings. The van der Waals surface area contributed by atoms with Gasteiger partial charge in [0.1, 0.15) is 5.78 Å². The van der Waals surface area contributed by atoms with Crippen molar-refractivity contribution in [2.75, 3.05) is 12.3 Å². The Morgan fingerprint density at radius 2 is 1.79 bits per heavy atom. The minimum atomic E-state index is -4.07. The van der Waals surface area contributed by atoms with Gasteiger partial charge in [0, 0.05) is 25.3 Å². The van der Waals surface area contributed by atoms with Gasteiger partial charge >= 0.3 is 0 Å². The second kappa shape index (κ2) is 9.47. The molecule has 0 aromatic rings. The first-order chi connectivity index (χ1) is 15.8. The number of ketones is 1. The van der Waals surface area contributed by atoms with Gasteiger partial charge in [-0.2, -0.15) is 8.42 Å². The maximum absolute atomic E-state index is 13.5. The van der Waals surface area contributed by atoms with Gasteiger partial charge in [-0.15, -0.1) is 0 Å². The molecule has 0 heterocycles. The van der Waals surface area contributed by atoms with Gasteiger partial charge in [0.25, 0.3) is 10.1 Å². The molecule has 0 aliphatic heterocycles. The molecule has 4 saturated carbocycles. The van der Waals surface area contributed by atoms with Crippen LogP contribution in [-0.4, -0.2) is 48.2 Å². The Morgan fingerprint density at radius 3 is 2.50 bits per heavy atom. The van der Waals surface area contributed by atoms with Gasteiger partial charge < -0.3 is 10.4 Å². The van der Waals surface area contributed by atoms with Crippen molar-refractivity contribution in [2.45, 2.75) is 91.1 Å². The standard InChI is InChI=1S/C26H43NO6S/c1-16(4-7-23(30)27-12-13-34(31,32)33)19-5-6-20-24-21(9-11-26(19,20)3)25(2)10-8-18(28)14-17(25)15-22(24)29/h16-21,24,28H,4-15H2,1-3H3,(H,27,30)(H,31,32,33)/t16-,17?,18-,19-,20?,21?,24?,25+,26-/m1/s1. The molecule has 0 aromatic carbocycles. The van der Waals surface area contributed by atoms with Crippen molar-refractivity contribution in [3.05, 3.63) is 0 Å². The molecule has 4 aliphatic rings. The number of Topliss-reactive ketones (excluding diaryl/α,β-unsaturated/α-hetero) is 1. The van der Waals surface area contributed by atoms with Crippen LogP contribution >= 0.6 is 0 Å². The Kier molecular flexibility index (Phi) is 7.27. The highest BCUT2D eigenvalue weighted by Crippen LogP contribution is 2.67. The summed E-state index contributed by atoms with van der Waals surface area (Å²) in [7, 11) is -4.07. The van der Waals surface area contributed by atoms with Crippen LogP contribution in [0, 0.1) is 46.3 Å². The van der Waals surface area contributed by atoms with Crippen LogP contribution in [0.1, 0.15) is 85.0 Å². The van der Waals surface area contributed by atoms with E-state index >= 15 is 0 Å². The highest BCUT2D eigenvalue weighted by Gasteiger charge is 2.63. The topological polar surface area (TPSA) is 121 Å². The van der Waals surface area contributed by atoms with E-state index in [-0.39, 0.29) is 35.3 Å². The lowest BCUT2D eigenvalue weighted by molar-refractivity contribution is -0.160. The summed E-state index contributed by atoms with van der Waals surface area (Å²) < 4.78 is 30.5. The molecule has 7 nitrogen and oxygen atoms in total. The lowest BCUT2D eigenvalue weighted by Gasteiger charge is -2.60. The Hall–Kier alpha value is -0.990. The average molecular weight is 498 g/mol. The van der Waals surface area contributed by atoms with Crippen LogP contribution in [-0.2, 0) is 19.7 Å². The first-order valence-corrected chi connectivity index (χ1v) is 14.9. The molecule has 0 spiro atoms. The summed E-state index contributed by atoms with van der Waals surface area (Å²) in [6.07, 6.45) is 8.54. The molecule has 0 bridgehead atoms. The largest absolute Gasteiger partial charge is 0.393 e. The third kappa shape index (κ3) is 4.83. The van der Waals surface area contributed by atoms with Gasteiger partial charge in [-0.1, -0.05) is 20.8 Å². The van der Waals surface area contributed by atoms with Crippen LogP contribution in [0.15, 0.2) is 0 Å². The molecule has 0 radical (unpaired) electrons. The minimum Gasteiger partial charge on any atom is -0.393 e. The van der Waals surface area contributed by atoms with Crippen LogP contribution in [0.25, 0.3) is 0 Å². The van der Waals surface area contributed by atoms with Crippen LogP contribution in [0.4, 0.5) is 0 Å². The summed E-state index contributed by atoms with van der Waals surface area (Å²) in [4.78, 5) is 25.7.